The Morgan fingerprint density at radius 3 is 2.68 bits per heavy atom. The van der Waals surface area contributed by atoms with E-state index in [9.17, 15) is 9.90 Å². The highest BCUT2D eigenvalue weighted by atomic mass is 35.5. The third kappa shape index (κ3) is 3.89. The van der Waals surface area contributed by atoms with E-state index in [-0.39, 0.29) is 5.76 Å². The molecule has 6 nitrogen and oxygen atoms in total. The Morgan fingerprint density at radius 1 is 1.10 bits per heavy atom. The lowest BCUT2D eigenvalue weighted by Crippen LogP contribution is -2.37. The molecule has 0 radical (unpaired) electrons. The van der Waals surface area contributed by atoms with Crippen LogP contribution in [0.25, 0.3) is 22.3 Å². The maximum absolute atomic E-state index is 12.9. The first-order valence-electron chi connectivity index (χ1n) is 10.2. The van der Waals surface area contributed by atoms with Gasteiger partial charge in [0.2, 0.25) is 11.2 Å². The second-order valence-corrected chi connectivity index (χ2v) is 8.81. The SMILES string of the molecule is O=c1c(O)c(-c2ccc(Cl)c(Cl)c2)oc2c3c(ccc12)OCN(CC1CCOCC1)C3. The van der Waals surface area contributed by atoms with E-state index in [2.05, 4.69) is 4.90 Å². The molecule has 2 aliphatic heterocycles. The molecule has 31 heavy (non-hydrogen) atoms. The average molecular weight is 462 g/mol. The molecule has 1 saturated heterocycles. The molecule has 3 heterocycles. The third-order valence-electron chi connectivity index (χ3n) is 5.92. The largest absolute Gasteiger partial charge is 0.502 e. The van der Waals surface area contributed by atoms with Gasteiger partial charge in [0.15, 0.2) is 5.76 Å². The van der Waals surface area contributed by atoms with Crippen LogP contribution in [0.2, 0.25) is 10.0 Å². The number of benzene rings is 2. The van der Waals surface area contributed by atoms with Crippen molar-refractivity contribution < 1.29 is 19.0 Å². The molecule has 0 aliphatic carbocycles. The summed E-state index contributed by atoms with van der Waals surface area (Å²) in [6.07, 6.45) is 2.06. The first-order chi connectivity index (χ1) is 15.0. The minimum absolute atomic E-state index is 0.0611. The fraction of sp³-hybridized carbons (Fsp3) is 0.348. The van der Waals surface area contributed by atoms with Gasteiger partial charge >= 0.3 is 0 Å². The number of halogens is 2. The van der Waals surface area contributed by atoms with Crippen LogP contribution in [0.4, 0.5) is 0 Å². The van der Waals surface area contributed by atoms with Crippen LogP contribution in [0.3, 0.4) is 0 Å². The van der Waals surface area contributed by atoms with Gasteiger partial charge in [-0.25, -0.2) is 0 Å². The molecule has 0 unspecified atom stereocenters. The van der Waals surface area contributed by atoms with Crippen molar-refractivity contribution >= 4 is 34.2 Å². The Balaban J connectivity index is 1.57. The zero-order chi connectivity index (χ0) is 21.5. The van der Waals surface area contributed by atoms with E-state index in [1.54, 1.807) is 30.3 Å². The monoisotopic (exact) mass is 461 g/mol. The van der Waals surface area contributed by atoms with Gasteiger partial charge in [-0.05, 0) is 49.1 Å². The summed E-state index contributed by atoms with van der Waals surface area (Å²) < 4.78 is 17.5. The number of ether oxygens (including phenoxy) is 2. The van der Waals surface area contributed by atoms with Crippen LogP contribution >= 0.6 is 23.2 Å². The van der Waals surface area contributed by atoms with Crippen LogP contribution in [-0.4, -0.2) is 36.5 Å². The summed E-state index contributed by atoms with van der Waals surface area (Å²) in [5.74, 6) is 0.842. The number of nitrogens with zero attached hydrogens (tertiary/aromatic N) is 1. The predicted molar refractivity (Wildman–Crippen MR) is 119 cm³/mol. The molecule has 2 aliphatic rings. The highest BCUT2D eigenvalue weighted by Gasteiger charge is 2.26. The highest BCUT2D eigenvalue weighted by molar-refractivity contribution is 6.42. The van der Waals surface area contributed by atoms with Crippen molar-refractivity contribution in [1.29, 1.82) is 0 Å². The van der Waals surface area contributed by atoms with E-state index >= 15 is 0 Å². The number of hydrogen-bond donors (Lipinski definition) is 1. The van der Waals surface area contributed by atoms with Crippen molar-refractivity contribution in [3.63, 3.8) is 0 Å². The summed E-state index contributed by atoms with van der Waals surface area (Å²) in [5.41, 5.74) is 1.19. The zero-order valence-electron chi connectivity index (χ0n) is 16.7. The average Bonchev–Trinajstić information content (AvgIpc) is 2.78. The molecule has 3 aromatic rings. The molecule has 0 amide bonds. The van der Waals surface area contributed by atoms with Crippen molar-refractivity contribution in [2.24, 2.45) is 5.92 Å². The van der Waals surface area contributed by atoms with Crippen LogP contribution in [0.1, 0.15) is 18.4 Å². The molecular formula is C23H21Cl2NO5. The molecule has 2 aromatic carbocycles. The van der Waals surface area contributed by atoms with E-state index in [0.717, 1.165) is 38.2 Å². The number of rotatable bonds is 3. The maximum Gasteiger partial charge on any atom is 0.235 e. The predicted octanol–water partition coefficient (Wildman–Crippen LogP) is 5.05. The van der Waals surface area contributed by atoms with Gasteiger partial charge in [0, 0.05) is 31.9 Å². The lowest BCUT2D eigenvalue weighted by atomic mass is 9.99. The van der Waals surface area contributed by atoms with Gasteiger partial charge in [0.1, 0.15) is 18.1 Å². The molecular weight excluding hydrogens is 441 g/mol. The first kappa shape index (κ1) is 20.6. The molecule has 5 rings (SSSR count). The summed E-state index contributed by atoms with van der Waals surface area (Å²) in [5, 5.41) is 11.5. The van der Waals surface area contributed by atoms with E-state index in [1.807, 2.05) is 0 Å². The lowest BCUT2D eigenvalue weighted by Gasteiger charge is -2.33. The molecule has 1 N–H and O–H groups in total. The molecule has 1 aromatic heterocycles. The smallest absolute Gasteiger partial charge is 0.235 e. The molecule has 8 heteroatoms. The highest BCUT2D eigenvalue weighted by Crippen LogP contribution is 2.38. The van der Waals surface area contributed by atoms with Gasteiger partial charge in [0.25, 0.3) is 0 Å². The minimum atomic E-state index is -0.494. The summed E-state index contributed by atoms with van der Waals surface area (Å²) in [4.78, 5) is 15.1. The van der Waals surface area contributed by atoms with E-state index < -0.39 is 11.2 Å². The fourth-order valence-corrected chi connectivity index (χ4v) is 4.54. The van der Waals surface area contributed by atoms with Gasteiger partial charge in [-0.1, -0.05) is 23.2 Å². The van der Waals surface area contributed by atoms with Crippen LogP contribution in [0.15, 0.2) is 39.5 Å². The Kier molecular flexibility index (Phi) is 5.56. The van der Waals surface area contributed by atoms with E-state index in [0.29, 0.717) is 51.5 Å². The first-order valence-corrected chi connectivity index (χ1v) is 11.0. The normalized spacial score (nSPS) is 17.5. The summed E-state index contributed by atoms with van der Waals surface area (Å²) >= 11 is 12.1. The number of aromatic hydroxyl groups is 1. The van der Waals surface area contributed by atoms with Crippen molar-refractivity contribution in [3.05, 3.63) is 56.2 Å². The Hall–Kier alpha value is -2.25. The molecule has 1 fully saturated rings. The van der Waals surface area contributed by atoms with E-state index in [1.165, 1.54) is 0 Å². The fourth-order valence-electron chi connectivity index (χ4n) is 4.25. The quantitative estimate of drug-likeness (QED) is 0.588. The van der Waals surface area contributed by atoms with Gasteiger partial charge in [-0.3, -0.25) is 9.69 Å². The summed E-state index contributed by atoms with van der Waals surface area (Å²) in [7, 11) is 0. The molecule has 162 valence electrons. The molecule has 0 bridgehead atoms. The Bertz CT molecular complexity index is 1200. The maximum atomic E-state index is 12.9. The van der Waals surface area contributed by atoms with Crippen LogP contribution in [0.5, 0.6) is 11.5 Å². The lowest BCUT2D eigenvalue weighted by molar-refractivity contribution is 0.0281. The van der Waals surface area contributed by atoms with Crippen LogP contribution in [0, 0.1) is 5.92 Å². The van der Waals surface area contributed by atoms with Crippen molar-refractivity contribution in [1.82, 2.24) is 4.90 Å². The Labute approximate surface area is 188 Å². The van der Waals surface area contributed by atoms with Gasteiger partial charge < -0.3 is 19.0 Å². The number of hydrogen-bond acceptors (Lipinski definition) is 6. The molecule has 0 saturated carbocycles. The number of fused-ring (bicyclic) bond motifs is 3. The second-order valence-electron chi connectivity index (χ2n) is 8.00. The van der Waals surface area contributed by atoms with Gasteiger partial charge in [0.05, 0.1) is 21.0 Å². The topological polar surface area (TPSA) is 72.1 Å². The Morgan fingerprint density at radius 2 is 1.90 bits per heavy atom. The summed E-state index contributed by atoms with van der Waals surface area (Å²) in [6.45, 7) is 3.55. The minimum Gasteiger partial charge on any atom is -0.502 e. The summed E-state index contributed by atoms with van der Waals surface area (Å²) in [6, 6.07) is 8.21. The van der Waals surface area contributed by atoms with Gasteiger partial charge in [-0.2, -0.15) is 0 Å². The van der Waals surface area contributed by atoms with Gasteiger partial charge in [-0.15, -0.1) is 0 Å². The molecule has 0 atom stereocenters. The standard InChI is InChI=1S/C23H21Cl2NO5/c24-17-3-1-14(9-18(17)25)22-21(28)20(27)15-2-4-19-16(23(15)31-22)11-26(12-30-19)10-13-5-7-29-8-6-13/h1-4,9,13,28H,5-8,10-12H2. The van der Waals surface area contributed by atoms with Crippen molar-refractivity contribution in [2.45, 2.75) is 19.4 Å². The third-order valence-corrected chi connectivity index (χ3v) is 6.66. The van der Waals surface area contributed by atoms with E-state index in [4.69, 9.17) is 37.1 Å². The molecule has 0 spiro atoms. The zero-order valence-corrected chi connectivity index (χ0v) is 18.2. The van der Waals surface area contributed by atoms with Crippen LogP contribution < -0.4 is 10.2 Å². The van der Waals surface area contributed by atoms with Crippen LogP contribution in [-0.2, 0) is 11.3 Å². The van der Waals surface area contributed by atoms with Crippen molar-refractivity contribution in [3.8, 4) is 22.8 Å². The second kappa shape index (κ2) is 8.36. The van der Waals surface area contributed by atoms with Crippen molar-refractivity contribution in [2.75, 3.05) is 26.5 Å².